The van der Waals surface area contributed by atoms with Gasteiger partial charge in [-0.15, -0.1) is 0 Å². The highest BCUT2D eigenvalue weighted by Gasteiger charge is 2.13. The number of halogens is 1. The Bertz CT molecular complexity index is 913. The molecule has 25 heavy (non-hydrogen) atoms. The van der Waals surface area contributed by atoms with Gasteiger partial charge in [0.15, 0.2) is 5.82 Å². The fraction of sp³-hybridized carbons (Fsp3) is 0.167. The van der Waals surface area contributed by atoms with Gasteiger partial charge in [-0.2, -0.15) is 0 Å². The summed E-state index contributed by atoms with van der Waals surface area (Å²) in [4.78, 5) is 16.6. The van der Waals surface area contributed by atoms with Crippen LogP contribution in [0.25, 0.3) is 0 Å². The fourth-order valence-electron chi connectivity index (χ4n) is 2.46. The van der Waals surface area contributed by atoms with E-state index >= 15 is 0 Å². The van der Waals surface area contributed by atoms with Gasteiger partial charge in [-0.3, -0.25) is 9.78 Å². The molecule has 7 heteroatoms. The van der Waals surface area contributed by atoms with Crippen molar-refractivity contribution in [1.29, 1.82) is 0 Å². The van der Waals surface area contributed by atoms with Gasteiger partial charge in [0.1, 0.15) is 11.5 Å². The lowest BCUT2D eigenvalue weighted by molar-refractivity contribution is 0.102. The average Bonchev–Trinajstić information content (AvgIpc) is 2.96. The van der Waals surface area contributed by atoms with Gasteiger partial charge in [-0.25, -0.2) is 0 Å². The quantitative estimate of drug-likeness (QED) is 0.711. The maximum atomic E-state index is 12.5. The van der Waals surface area contributed by atoms with Gasteiger partial charge in [0.25, 0.3) is 5.91 Å². The minimum atomic E-state index is -0.339. The molecular formula is C18H17ClN4O2. The number of nitrogens with zero attached hydrogens (tertiary/aromatic N) is 2. The van der Waals surface area contributed by atoms with Crippen molar-refractivity contribution in [2.75, 3.05) is 10.6 Å². The summed E-state index contributed by atoms with van der Waals surface area (Å²) >= 11 is 6.24. The number of amides is 1. The van der Waals surface area contributed by atoms with Gasteiger partial charge >= 0.3 is 0 Å². The van der Waals surface area contributed by atoms with Crippen LogP contribution in [0.1, 0.15) is 27.4 Å². The number of carbonyl (C=O) groups is 1. The lowest BCUT2D eigenvalue weighted by Gasteiger charge is -2.11. The summed E-state index contributed by atoms with van der Waals surface area (Å²) in [6, 6.07) is 8.90. The molecule has 6 nitrogen and oxygen atoms in total. The molecule has 0 aliphatic heterocycles. The number of aryl methyl sites for hydroxylation is 3. The van der Waals surface area contributed by atoms with Crippen molar-refractivity contribution in [1.82, 2.24) is 10.1 Å². The minimum Gasteiger partial charge on any atom is -0.360 e. The summed E-state index contributed by atoms with van der Waals surface area (Å²) in [6.07, 6.45) is 1.55. The summed E-state index contributed by atoms with van der Waals surface area (Å²) in [5, 5.41) is 10.2. The van der Waals surface area contributed by atoms with Crippen molar-refractivity contribution in [3.63, 3.8) is 0 Å². The van der Waals surface area contributed by atoms with Crippen LogP contribution in [0.2, 0.25) is 5.02 Å². The van der Waals surface area contributed by atoms with E-state index in [4.69, 9.17) is 16.1 Å². The van der Waals surface area contributed by atoms with Crippen molar-refractivity contribution in [2.24, 2.45) is 0 Å². The Morgan fingerprint density at radius 3 is 2.64 bits per heavy atom. The first-order valence-electron chi connectivity index (χ1n) is 7.67. The molecule has 0 atom stereocenters. The molecule has 1 aromatic carbocycles. The van der Waals surface area contributed by atoms with E-state index in [0.717, 1.165) is 11.1 Å². The van der Waals surface area contributed by atoms with Crippen LogP contribution in [0.15, 0.2) is 41.1 Å². The van der Waals surface area contributed by atoms with Crippen LogP contribution in [-0.4, -0.2) is 16.0 Å². The molecule has 0 saturated carbocycles. The number of aromatic nitrogens is 2. The van der Waals surface area contributed by atoms with Crippen molar-refractivity contribution in [2.45, 2.75) is 20.8 Å². The molecule has 2 heterocycles. The Kier molecular flexibility index (Phi) is 4.72. The first-order valence-corrected chi connectivity index (χ1v) is 8.04. The van der Waals surface area contributed by atoms with Gasteiger partial charge in [-0.05, 0) is 50.1 Å². The zero-order chi connectivity index (χ0) is 18.0. The standard InChI is InChI=1S/C18H17ClN4O2/c1-10-6-11(2)17(14(19)7-10)22-18(24)15-9-13(4-5-20-15)21-16-8-12(3)25-23-16/h4-9H,1-3H3,(H,22,24)(H,20,21,23). The van der Waals surface area contributed by atoms with E-state index in [1.807, 2.05) is 26.0 Å². The van der Waals surface area contributed by atoms with Gasteiger partial charge in [0, 0.05) is 18.0 Å². The van der Waals surface area contributed by atoms with E-state index in [-0.39, 0.29) is 11.6 Å². The number of hydrogen-bond acceptors (Lipinski definition) is 5. The summed E-state index contributed by atoms with van der Waals surface area (Å²) in [7, 11) is 0. The third kappa shape index (κ3) is 3.97. The number of anilines is 3. The van der Waals surface area contributed by atoms with Crippen LogP contribution in [-0.2, 0) is 0 Å². The molecule has 0 unspecified atom stereocenters. The first-order chi connectivity index (χ1) is 11.9. The Morgan fingerprint density at radius 1 is 1.16 bits per heavy atom. The third-order valence-electron chi connectivity index (χ3n) is 3.56. The molecule has 0 bridgehead atoms. The monoisotopic (exact) mass is 356 g/mol. The lowest BCUT2D eigenvalue weighted by Crippen LogP contribution is -2.15. The Balaban J connectivity index is 1.80. The van der Waals surface area contributed by atoms with E-state index in [0.29, 0.717) is 28.0 Å². The highest BCUT2D eigenvalue weighted by Crippen LogP contribution is 2.28. The van der Waals surface area contributed by atoms with Crippen molar-refractivity contribution in [3.8, 4) is 0 Å². The maximum Gasteiger partial charge on any atom is 0.274 e. The molecule has 1 amide bonds. The van der Waals surface area contributed by atoms with E-state index in [1.165, 1.54) is 0 Å². The molecule has 0 saturated heterocycles. The van der Waals surface area contributed by atoms with Gasteiger partial charge < -0.3 is 15.2 Å². The molecule has 3 rings (SSSR count). The predicted octanol–water partition coefficient (Wildman–Crippen LogP) is 4.64. The Hall–Kier alpha value is -2.86. The summed E-state index contributed by atoms with van der Waals surface area (Å²) in [5.74, 6) is 0.917. The fourth-order valence-corrected chi connectivity index (χ4v) is 2.83. The van der Waals surface area contributed by atoms with Gasteiger partial charge in [0.2, 0.25) is 0 Å². The predicted molar refractivity (Wildman–Crippen MR) is 97.6 cm³/mol. The third-order valence-corrected chi connectivity index (χ3v) is 3.86. The lowest BCUT2D eigenvalue weighted by atomic mass is 10.1. The van der Waals surface area contributed by atoms with Crippen LogP contribution in [0.5, 0.6) is 0 Å². The number of nitrogens with one attached hydrogen (secondary N) is 2. The van der Waals surface area contributed by atoms with Crippen LogP contribution in [0, 0.1) is 20.8 Å². The summed E-state index contributed by atoms with van der Waals surface area (Å²) in [6.45, 7) is 5.65. The molecule has 0 aliphatic carbocycles. The Morgan fingerprint density at radius 2 is 1.96 bits per heavy atom. The van der Waals surface area contributed by atoms with E-state index in [2.05, 4.69) is 20.8 Å². The zero-order valence-electron chi connectivity index (χ0n) is 14.1. The van der Waals surface area contributed by atoms with Crippen molar-refractivity contribution in [3.05, 3.63) is 64.1 Å². The molecule has 2 N–H and O–H groups in total. The zero-order valence-corrected chi connectivity index (χ0v) is 14.8. The highest BCUT2D eigenvalue weighted by atomic mass is 35.5. The normalized spacial score (nSPS) is 10.6. The van der Waals surface area contributed by atoms with E-state index < -0.39 is 0 Å². The summed E-state index contributed by atoms with van der Waals surface area (Å²) in [5.41, 5.74) is 3.46. The van der Waals surface area contributed by atoms with Crippen LogP contribution in [0.4, 0.5) is 17.2 Å². The average molecular weight is 357 g/mol. The molecular weight excluding hydrogens is 340 g/mol. The maximum absolute atomic E-state index is 12.5. The Labute approximate surface area is 150 Å². The topological polar surface area (TPSA) is 80.0 Å². The molecule has 2 aromatic heterocycles. The van der Waals surface area contributed by atoms with Crippen molar-refractivity contribution < 1.29 is 9.32 Å². The largest absolute Gasteiger partial charge is 0.360 e. The second-order valence-corrected chi connectivity index (χ2v) is 6.18. The smallest absolute Gasteiger partial charge is 0.274 e. The number of hydrogen-bond donors (Lipinski definition) is 2. The van der Waals surface area contributed by atoms with E-state index in [1.54, 1.807) is 31.3 Å². The molecule has 0 spiro atoms. The number of rotatable bonds is 4. The molecule has 3 aromatic rings. The second-order valence-electron chi connectivity index (χ2n) is 5.77. The number of benzene rings is 1. The molecule has 0 radical (unpaired) electrons. The van der Waals surface area contributed by atoms with Crippen molar-refractivity contribution >= 4 is 34.7 Å². The molecule has 0 aliphatic rings. The molecule has 128 valence electrons. The van der Waals surface area contributed by atoms with E-state index in [9.17, 15) is 4.79 Å². The molecule has 0 fully saturated rings. The minimum absolute atomic E-state index is 0.265. The van der Waals surface area contributed by atoms with Crippen LogP contribution in [0.3, 0.4) is 0 Å². The van der Waals surface area contributed by atoms with Gasteiger partial charge in [0.05, 0.1) is 10.7 Å². The number of pyridine rings is 1. The highest BCUT2D eigenvalue weighted by molar-refractivity contribution is 6.34. The van der Waals surface area contributed by atoms with Crippen LogP contribution >= 0.6 is 11.6 Å². The van der Waals surface area contributed by atoms with Crippen LogP contribution < -0.4 is 10.6 Å². The second kappa shape index (κ2) is 6.94. The van der Waals surface area contributed by atoms with Gasteiger partial charge in [-0.1, -0.05) is 22.8 Å². The summed E-state index contributed by atoms with van der Waals surface area (Å²) < 4.78 is 5.01. The number of carbonyl (C=O) groups excluding carboxylic acids is 1. The SMILES string of the molecule is Cc1cc(C)c(NC(=O)c2cc(Nc3cc(C)on3)ccn2)c(Cl)c1. The first kappa shape index (κ1) is 17.0.